The van der Waals surface area contributed by atoms with Gasteiger partial charge in [0.25, 0.3) is 0 Å². The van der Waals surface area contributed by atoms with Crippen LogP contribution in [-0.2, 0) is 0 Å². The molecular formula is C47H26N4OS. The fourth-order valence-corrected chi connectivity index (χ4v) is 9.19. The van der Waals surface area contributed by atoms with Crippen molar-refractivity contribution in [2.75, 3.05) is 0 Å². The van der Waals surface area contributed by atoms with E-state index in [1.807, 2.05) is 35.6 Å². The Morgan fingerprint density at radius 3 is 2.02 bits per heavy atom. The van der Waals surface area contributed by atoms with Crippen molar-refractivity contribution in [1.82, 2.24) is 19.4 Å². The summed E-state index contributed by atoms with van der Waals surface area (Å²) in [6.07, 6.45) is 2.09. The molecule has 246 valence electrons. The van der Waals surface area contributed by atoms with Crippen molar-refractivity contribution in [3.05, 3.63) is 158 Å². The van der Waals surface area contributed by atoms with Gasteiger partial charge in [0, 0.05) is 58.4 Å². The van der Waals surface area contributed by atoms with Crippen molar-refractivity contribution in [2.45, 2.75) is 0 Å². The molecule has 12 aromatic rings. The summed E-state index contributed by atoms with van der Waals surface area (Å²) in [6, 6.07) is 53.3. The number of aromatic nitrogens is 4. The minimum absolute atomic E-state index is 0.685. The lowest BCUT2D eigenvalue weighted by Gasteiger charge is -2.12. The van der Waals surface area contributed by atoms with Gasteiger partial charge in [-0.3, -0.25) is 4.40 Å². The molecule has 0 aliphatic heterocycles. The Hall–Kier alpha value is -6.89. The number of para-hydroxylation sites is 1. The molecule has 0 unspecified atom stereocenters. The largest absolute Gasteiger partial charge is 0.455 e. The van der Waals surface area contributed by atoms with Gasteiger partial charge in [0.15, 0.2) is 11.4 Å². The van der Waals surface area contributed by atoms with Crippen molar-refractivity contribution < 1.29 is 4.42 Å². The lowest BCUT2D eigenvalue weighted by Crippen LogP contribution is -1.96. The summed E-state index contributed by atoms with van der Waals surface area (Å²) < 4.78 is 11.1. The van der Waals surface area contributed by atoms with Crippen LogP contribution in [0, 0.1) is 0 Å². The molecule has 0 aliphatic rings. The lowest BCUT2D eigenvalue weighted by atomic mass is 9.97. The van der Waals surface area contributed by atoms with E-state index in [0.717, 1.165) is 88.2 Å². The van der Waals surface area contributed by atoms with Crippen LogP contribution >= 0.6 is 11.3 Å². The highest BCUT2D eigenvalue weighted by atomic mass is 32.1. The van der Waals surface area contributed by atoms with Crippen molar-refractivity contribution in [1.29, 1.82) is 0 Å². The third-order valence-electron chi connectivity index (χ3n) is 10.6. The van der Waals surface area contributed by atoms with Gasteiger partial charge in [-0.1, -0.05) is 109 Å². The Bertz CT molecular complexity index is 3470. The third-order valence-corrected chi connectivity index (χ3v) is 11.7. The van der Waals surface area contributed by atoms with E-state index in [9.17, 15) is 0 Å². The van der Waals surface area contributed by atoms with Crippen LogP contribution in [0.3, 0.4) is 0 Å². The molecule has 0 atom stereocenters. The van der Waals surface area contributed by atoms with Gasteiger partial charge in [0.1, 0.15) is 11.2 Å². The van der Waals surface area contributed by atoms with Gasteiger partial charge in [-0.05, 0) is 53.2 Å². The lowest BCUT2D eigenvalue weighted by molar-refractivity contribution is 0.666. The SMILES string of the molecule is c1ccc(-c2cc(-c3ccc4sc5ccccc5c4c3)nc(-c3ccc4c(c3)c3ccccc3c3nc5cc6c(cn5c43)oc3ccccc36)n2)cc1. The molecular weight excluding hydrogens is 669 g/mol. The summed E-state index contributed by atoms with van der Waals surface area (Å²) in [4.78, 5) is 15.7. The second kappa shape index (κ2) is 10.8. The van der Waals surface area contributed by atoms with Gasteiger partial charge in [0.05, 0.1) is 28.6 Å². The van der Waals surface area contributed by atoms with E-state index >= 15 is 0 Å². The van der Waals surface area contributed by atoms with Crippen LogP contribution in [0.2, 0.25) is 0 Å². The summed E-state index contributed by atoms with van der Waals surface area (Å²) in [5, 5.41) is 9.16. The molecule has 7 aromatic carbocycles. The molecule has 0 radical (unpaired) electrons. The maximum atomic E-state index is 6.33. The number of hydrogen-bond donors (Lipinski definition) is 0. The summed E-state index contributed by atoms with van der Waals surface area (Å²) in [5.41, 5.74) is 9.48. The van der Waals surface area contributed by atoms with Crippen LogP contribution in [0.25, 0.3) is 114 Å². The zero-order valence-electron chi connectivity index (χ0n) is 28.1. The van der Waals surface area contributed by atoms with Crippen LogP contribution in [0.15, 0.2) is 162 Å². The first-order valence-electron chi connectivity index (χ1n) is 17.7. The van der Waals surface area contributed by atoms with Crippen molar-refractivity contribution >= 4 is 91.7 Å². The molecule has 5 aromatic heterocycles. The molecule has 5 nitrogen and oxygen atoms in total. The molecule has 5 heterocycles. The second-order valence-corrected chi connectivity index (χ2v) is 14.7. The van der Waals surface area contributed by atoms with Crippen molar-refractivity contribution in [3.8, 4) is 33.9 Å². The fraction of sp³-hybridized carbons (Fsp3) is 0. The monoisotopic (exact) mass is 694 g/mol. The standard InChI is InChI=1S/C47H26N4OS/c1-2-10-27(11-3-1)38-25-39(28-19-21-43-37(22-28)32-14-7-9-17-42(32)53-43)49-47(48-38)29-18-20-34-35(23-29)30-12-4-5-15-33(30)45-46(34)51-26-41-36(24-44(51)50-45)31-13-6-8-16-40(31)52-41/h1-26H. The number of benzene rings is 7. The molecule has 0 saturated carbocycles. The van der Waals surface area contributed by atoms with Gasteiger partial charge in [-0.25, -0.2) is 15.0 Å². The summed E-state index contributed by atoms with van der Waals surface area (Å²) in [6.45, 7) is 0. The third kappa shape index (κ3) is 4.27. The van der Waals surface area contributed by atoms with Gasteiger partial charge in [-0.15, -0.1) is 11.3 Å². The van der Waals surface area contributed by atoms with Gasteiger partial charge in [-0.2, -0.15) is 0 Å². The molecule has 0 saturated heterocycles. The van der Waals surface area contributed by atoms with Gasteiger partial charge < -0.3 is 4.42 Å². The van der Waals surface area contributed by atoms with Crippen LogP contribution in [-0.4, -0.2) is 19.4 Å². The van der Waals surface area contributed by atoms with Crippen molar-refractivity contribution in [3.63, 3.8) is 0 Å². The summed E-state index contributed by atoms with van der Waals surface area (Å²) >= 11 is 1.83. The number of rotatable bonds is 3. The number of thiophene rings is 1. The van der Waals surface area contributed by atoms with E-state index in [1.54, 1.807) is 0 Å². The fourth-order valence-electron chi connectivity index (χ4n) is 8.11. The predicted molar refractivity (Wildman–Crippen MR) is 220 cm³/mol. The number of pyridine rings is 1. The smallest absolute Gasteiger partial charge is 0.160 e. The van der Waals surface area contributed by atoms with Crippen molar-refractivity contribution in [2.24, 2.45) is 0 Å². The zero-order valence-corrected chi connectivity index (χ0v) is 28.9. The van der Waals surface area contributed by atoms with E-state index < -0.39 is 0 Å². The van der Waals surface area contributed by atoms with E-state index in [2.05, 4.69) is 138 Å². The Balaban J connectivity index is 1.10. The average Bonchev–Trinajstić information content (AvgIpc) is 3.91. The highest BCUT2D eigenvalue weighted by molar-refractivity contribution is 7.25. The molecule has 0 aliphatic carbocycles. The Morgan fingerprint density at radius 2 is 1.13 bits per heavy atom. The van der Waals surface area contributed by atoms with E-state index in [0.29, 0.717) is 5.82 Å². The summed E-state index contributed by atoms with van der Waals surface area (Å²) in [7, 11) is 0. The molecule has 0 bridgehead atoms. The molecule has 0 N–H and O–H groups in total. The first-order valence-corrected chi connectivity index (χ1v) is 18.5. The maximum absolute atomic E-state index is 6.33. The molecule has 53 heavy (non-hydrogen) atoms. The van der Waals surface area contributed by atoms with Gasteiger partial charge >= 0.3 is 0 Å². The quantitative estimate of drug-likeness (QED) is 0.173. The number of fused-ring (bicyclic) bond motifs is 14. The minimum Gasteiger partial charge on any atom is -0.455 e. The molecule has 0 fully saturated rings. The van der Waals surface area contributed by atoms with Crippen LogP contribution in [0.5, 0.6) is 0 Å². The van der Waals surface area contributed by atoms with Crippen LogP contribution in [0.1, 0.15) is 0 Å². The number of nitrogens with zero attached hydrogens (tertiary/aromatic N) is 4. The first kappa shape index (κ1) is 28.8. The van der Waals surface area contributed by atoms with E-state index in [1.165, 1.54) is 20.2 Å². The molecule has 12 rings (SSSR count). The molecule has 6 heteroatoms. The number of imidazole rings is 1. The first-order chi connectivity index (χ1) is 26.2. The topological polar surface area (TPSA) is 56.2 Å². The number of hydrogen-bond acceptors (Lipinski definition) is 5. The average molecular weight is 695 g/mol. The van der Waals surface area contributed by atoms with Gasteiger partial charge in [0.2, 0.25) is 0 Å². The maximum Gasteiger partial charge on any atom is 0.160 e. The normalized spacial score (nSPS) is 12.2. The predicted octanol–water partition coefficient (Wildman–Crippen LogP) is 12.9. The molecule has 0 spiro atoms. The van der Waals surface area contributed by atoms with E-state index in [-0.39, 0.29) is 0 Å². The second-order valence-electron chi connectivity index (χ2n) is 13.6. The zero-order chi connectivity index (χ0) is 34.6. The Morgan fingerprint density at radius 1 is 0.434 bits per heavy atom. The van der Waals surface area contributed by atoms with Crippen LogP contribution in [0.4, 0.5) is 0 Å². The highest BCUT2D eigenvalue weighted by Gasteiger charge is 2.19. The molecule has 0 amide bonds. The Labute approximate surface area is 306 Å². The highest BCUT2D eigenvalue weighted by Crippen LogP contribution is 2.40. The number of furan rings is 1. The van der Waals surface area contributed by atoms with E-state index in [4.69, 9.17) is 19.4 Å². The van der Waals surface area contributed by atoms with Crippen LogP contribution < -0.4 is 0 Å². The minimum atomic E-state index is 0.685. The summed E-state index contributed by atoms with van der Waals surface area (Å²) in [5.74, 6) is 0.685. The Kier molecular flexibility index (Phi) is 5.87.